The van der Waals surface area contributed by atoms with Crippen LogP contribution in [0.3, 0.4) is 0 Å². The van der Waals surface area contributed by atoms with Gasteiger partial charge < -0.3 is 16.0 Å². The number of nitrogens with one attached hydrogen (secondary N) is 3. The second-order valence-electron chi connectivity index (χ2n) is 8.85. The van der Waals surface area contributed by atoms with Gasteiger partial charge in [-0.05, 0) is 53.7 Å². The van der Waals surface area contributed by atoms with E-state index in [0.717, 1.165) is 36.1 Å². The lowest BCUT2D eigenvalue weighted by atomic mass is 10.0. The van der Waals surface area contributed by atoms with Crippen molar-refractivity contribution in [2.24, 2.45) is 0 Å². The molecule has 1 atom stereocenters. The SMILES string of the molecule is C[C@@H](NC(=O)c1[nH]c(=O)[nH]c(=O)c1N)c1cccc(-c2cnn(CCC3=CCc4ccccc43)c2)c1. The number of aromatic amines is 2. The summed E-state index contributed by atoms with van der Waals surface area (Å²) in [6.07, 6.45) is 8.05. The lowest BCUT2D eigenvalue weighted by Gasteiger charge is -2.15. The molecule has 0 saturated carbocycles. The molecule has 0 aliphatic heterocycles. The number of nitrogens with two attached hydrogens (primary N) is 1. The topological polar surface area (TPSA) is 139 Å². The number of amides is 1. The van der Waals surface area contributed by atoms with E-state index in [1.807, 2.05) is 53.2 Å². The number of aryl methyl sites for hydroxylation is 1. The number of nitrogens with zero attached hydrogens (tertiary/aromatic N) is 2. The molecule has 0 spiro atoms. The van der Waals surface area contributed by atoms with Crippen molar-refractivity contribution in [3.05, 3.63) is 110 Å². The van der Waals surface area contributed by atoms with Crippen LogP contribution in [-0.2, 0) is 13.0 Å². The molecule has 0 bridgehead atoms. The van der Waals surface area contributed by atoms with Crippen LogP contribution in [-0.4, -0.2) is 25.7 Å². The quantitative estimate of drug-likeness (QED) is 0.321. The number of fused-ring (bicyclic) bond motifs is 1. The van der Waals surface area contributed by atoms with E-state index in [-0.39, 0.29) is 11.4 Å². The third-order valence-corrected chi connectivity index (χ3v) is 6.45. The number of hydrogen-bond acceptors (Lipinski definition) is 5. The Balaban J connectivity index is 1.27. The van der Waals surface area contributed by atoms with Gasteiger partial charge in [0.05, 0.1) is 12.2 Å². The van der Waals surface area contributed by atoms with Crippen molar-refractivity contribution >= 4 is 17.2 Å². The minimum atomic E-state index is -0.802. The van der Waals surface area contributed by atoms with Crippen LogP contribution in [0.15, 0.2) is 76.6 Å². The van der Waals surface area contributed by atoms with Gasteiger partial charge in [0.15, 0.2) is 0 Å². The molecule has 0 unspecified atom stereocenters. The van der Waals surface area contributed by atoms with Gasteiger partial charge >= 0.3 is 5.69 Å². The zero-order chi connectivity index (χ0) is 25.2. The molecule has 0 saturated heterocycles. The molecule has 182 valence electrons. The number of nitrogen functional groups attached to an aromatic ring is 1. The molecule has 1 aliphatic rings. The number of carbonyl (C=O) groups excluding carboxylic acids is 1. The third-order valence-electron chi connectivity index (χ3n) is 6.45. The molecule has 9 nitrogen and oxygen atoms in total. The lowest BCUT2D eigenvalue weighted by molar-refractivity contribution is 0.0935. The van der Waals surface area contributed by atoms with E-state index in [9.17, 15) is 14.4 Å². The Labute approximate surface area is 206 Å². The van der Waals surface area contributed by atoms with Crippen molar-refractivity contribution in [2.75, 3.05) is 5.73 Å². The number of aromatic nitrogens is 4. The maximum absolute atomic E-state index is 12.6. The number of hydrogen-bond donors (Lipinski definition) is 4. The van der Waals surface area contributed by atoms with Crippen molar-refractivity contribution in [1.82, 2.24) is 25.1 Å². The van der Waals surface area contributed by atoms with Gasteiger partial charge in [-0.15, -0.1) is 0 Å². The Kier molecular flexibility index (Phi) is 6.12. The Bertz CT molecular complexity index is 1590. The summed E-state index contributed by atoms with van der Waals surface area (Å²) in [5.41, 5.74) is 10.3. The zero-order valence-electron chi connectivity index (χ0n) is 19.7. The number of rotatable bonds is 7. The monoisotopic (exact) mass is 482 g/mol. The highest BCUT2D eigenvalue weighted by Gasteiger charge is 2.18. The van der Waals surface area contributed by atoms with Gasteiger partial charge in [0.2, 0.25) is 0 Å². The second kappa shape index (κ2) is 9.53. The van der Waals surface area contributed by atoms with Crippen molar-refractivity contribution in [1.29, 1.82) is 0 Å². The van der Waals surface area contributed by atoms with Gasteiger partial charge in [-0.3, -0.25) is 19.3 Å². The smallest absolute Gasteiger partial charge is 0.326 e. The van der Waals surface area contributed by atoms with Crippen LogP contribution in [0.4, 0.5) is 5.69 Å². The van der Waals surface area contributed by atoms with Gasteiger partial charge in [0.1, 0.15) is 11.4 Å². The Morgan fingerprint density at radius 2 is 1.97 bits per heavy atom. The highest BCUT2D eigenvalue weighted by Crippen LogP contribution is 2.30. The highest BCUT2D eigenvalue weighted by molar-refractivity contribution is 5.97. The van der Waals surface area contributed by atoms with Crippen molar-refractivity contribution in [3.8, 4) is 11.1 Å². The lowest BCUT2D eigenvalue weighted by Crippen LogP contribution is -2.34. The zero-order valence-corrected chi connectivity index (χ0v) is 19.7. The first-order chi connectivity index (χ1) is 17.4. The highest BCUT2D eigenvalue weighted by atomic mass is 16.2. The van der Waals surface area contributed by atoms with Gasteiger partial charge in [0.25, 0.3) is 11.5 Å². The fourth-order valence-electron chi connectivity index (χ4n) is 4.48. The van der Waals surface area contributed by atoms with Crippen molar-refractivity contribution in [3.63, 3.8) is 0 Å². The van der Waals surface area contributed by atoms with E-state index >= 15 is 0 Å². The molecule has 5 N–H and O–H groups in total. The molecule has 1 aliphatic carbocycles. The molecule has 2 heterocycles. The van der Waals surface area contributed by atoms with Crippen LogP contribution in [0.1, 0.15) is 46.6 Å². The first-order valence-corrected chi connectivity index (χ1v) is 11.7. The summed E-state index contributed by atoms with van der Waals surface area (Å²) in [5.74, 6) is -0.635. The van der Waals surface area contributed by atoms with E-state index in [1.54, 1.807) is 0 Å². The second-order valence-corrected chi connectivity index (χ2v) is 8.85. The maximum atomic E-state index is 12.6. The van der Waals surface area contributed by atoms with Crippen molar-refractivity contribution in [2.45, 2.75) is 32.4 Å². The summed E-state index contributed by atoms with van der Waals surface area (Å²) >= 11 is 0. The maximum Gasteiger partial charge on any atom is 0.326 e. The molecule has 9 heteroatoms. The fraction of sp³-hybridized carbons (Fsp3) is 0.185. The molecule has 5 rings (SSSR count). The number of H-pyrrole nitrogens is 2. The van der Waals surface area contributed by atoms with E-state index in [4.69, 9.17) is 5.73 Å². The number of anilines is 1. The number of allylic oxidation sites excluding steroid dienone is 2. The van der Waals surface area contributed by atoms with Crippen LogP contribution in [0.2, 0.25) is 0 Å². The molecule has 1 amide bonds. The van der Waals surface area contributed by atoms with Gasteiger partial charge in [0, 0.05) is 18.3 Å². The fourth-order valence-corrected chi connectivity index (χ4v) is 4.48. The van der Waals surface area contributed by atoms with Gasteiger partial charge in [-0.2, -0.15) is 5.10 Å². The molecule has 2 aromatic carbocycles. The van der Waals surface area contributed by atoms with E-state index in [1.165, 1.54) is 16.7 Å². The predicted molar refractivity (Wildman–Crippen MR) is 138 cm³/mol. The Morgan fingerprint density at radius 1 is 1.14 bits per heavy atom. The molecule has 2 aromatic heterocycles. The van der Waals surface area contributed by atoms with Crippen LogP contribution >= 0.6 is 0 Å². The minimum absolute atomic E-state index is 0.256. The molecular formula is C27H26N6O3. The van der Waals surface area contributed by atoms with Crippen LogP contribution in [0.25, 0.3) is 16.7 Å². The first kappa shape index (κ1) is 23.1. The number of benzene rings is 2. The van der Waals surface area contributed by atoms with E-state index in [0.29, 0.717) is 0 Å². The van der Waals surface area contributed by atoms with Crippen LogP contribution < -0.4 is 22.3 Å². The average molecular weight is 483 g/mol. The molecule has 36 heavy (non-hydrogen) atoms. The average Bonchev–Trinajstić information content (AvgIpc) is 3.52. The van der Waals surface area contributed by atoms with Gasteiger partial charge in [-0.25, -0.2) is 4.79 Å². The molecule has 0 fully saturated rings. The number of carbonyl (C=O) groups is 1. The van der Waals surface area contributed by atoms with Crippen LogP contribution in [0.5, 0.6) is 0 Å². The minimum Gasteiger partial charge on any atom is -0.392 e. The molecule has 0 radical (unpaired) electrons. The Hall–Kier alpha value is -4.66. The summed E-state index contributed by atoms with van der Waals surface area (Å²) < 4.78 is 1.95. The predicted octanol–water partition coefficient (Wildman–Crippen LogP) is 3.03. The summed E-state index contributed by atoms with van der Waals surface area (Å²) in [6, 6.07) is 15.9. The summed E-state index contributed by atoms with van der Waals surface area (Å²) in [5, 5.41) is 7.32. The third kappa shape index (κ3) is 4.63. The summed E-state index contributed by atoms with van der Waals surface area (Å²) in [7, 11) is 0. The van der Waals surface area contributed by atoms with Crippen molar-refractivity contribution < 1.29 is 4.79 Å². The largest absolute Gasteiger partial charge is 0.392 e. The Morgan fingerprint density at radius 3 is 2.83 bits per heavy atom. The molecular weight excluding hydrogens is 456 g/mol. The standard InChI is InChI=1S/C27H26N6O3/c1-16(30-26(35)24-23(28)25(34)32-27(36)31-24)19-6-4-7-20(13-19)21-14-29-33(15-21)12-11-18-10-9-17-5-2-3-8-22(17)18/h2-8,10,13-16H,9,11-12,28H2,1H3,(H,30,35)(H2,31,32,34,36)/t16-/m1/s1. The first-order valence-electron chi connectivity index (χ1n) is 11.7. The van der Waals surface area contributed by atoms with Gasteiger partial charge in [-0.1, -0.05) is 48.5 Å². The summed E-state index contributed by atoms with van der Waals surface area (Å²) in [6.45, 7) is 2.59. The van der Waals surface area contributed by atoms with E-state index in [2.05, 4.69) is 45.7 Å². The van der Waals surface area contributed by atoms with E-state index < -0.39 is 23.2 Å². The normalized spacial score (nSPS) is 13.2. The summed E-state index contributed by atoms with van der Waals surface area (Å²) in [4.78, 5) is 40.2. The molecule has 4 aromatic rings. The van der Waals surface area contributed by atoms with Crippen LogP contribution in [0, 0.1) is 0 Å².